The Morgan fingerprint density at radius 3 is 2.55 bits per heavy atom. The SMILES string of the molecule is CNC(=S)C1(c2ccc3nccn3c2)CCCCC1OC(=O)[C@H](Cc1ccccc1)NS(=O)(=O)c1ccccc1. The van der Waals surface area contributed by atoms with Crippen LogP contribution in [-0.2, 0) is 31.4 Å². The zero-order valence-electron chi connectivity index (χ0n) is 22.2. The maximum atomic E-state index is 13.9. The van der Waals surface area contributed by atoms with E-state index < -0.39 is 33.6 Å². The number of ether oxygens (including phenoxy) is 1. The Balaban J connectivity index is 1.49. The van der Waals surface area contributed by atoms with Gasteiger partial charge >= 0.3 is 5.97 Å². The van der Waals surface area contributed by atoms with Gasteiger partial charge in [-0.15, -0.1) is 0 Å². The van der Waals surface area contributed by atoms with Crippen molar-refractivity contribution in [2.75, 3.05) is 7.05 Å². The van der Waals surface area contributed by atoms with Crippen molar-refractivity contribution in [2.24, 2.45) is 0 Å². The van der Waals surface area contributed by atoms with E-state index in [1.165, 1.54) is 12.1 Å². The molecular formula is C30H32N4O4S2. The molecule has 2 N–H and O–H groups in total. The van der Waals surface area contributed by atoms with Gasteiger partial charge in [0.1, 0.15) is 17.8 Å². The number of carbonyl (C=O) groups is 1. The van der Waals surface area contributed by atoms with Gasteiger partial charge < -0.3 is 14.5 Å². The number of esters is 1. The fraction of sp³-hybridized carbons (Fsp3) is 0.300. The number of hydrogen-bond donors (Lipinski definition) is 2. The standard InChI is InChI=1S/C30H32N4O4S2/c1-31-29(39)30(23-15-16-27-32-18-19-34(27)21-23)17-9-8-14-26(30)38-28(35)25(20-22-10-4-2-5-11-22)33-40(36,37)24-12-6-3-7-13-24/h2-7,10-13,15-16,18-19,21,25-26,33H,8-9,14,17,20H2,1H3,(H,31,39)/t25-,26?,30?/m0/s1. The molecule has 3 atom stereocenters. The van der Waals surface area contributed by atoms with Gasteiger partial charge in [-0.1, -0.05) is 73.2 Å². The minimum atomic E-state index is -3.98. The summed E-state index contributed by atoms with van der Waals surface area (Å²) in [4.78, 5) is 18.9. The minimum absolute atomic E-state index is 0.0814. The molecule has 2 unspecified atom stereocenters. The molecule has 1 fully saturated rings. The van der Waals surface area contributed by atoms with Gasteiger partial charge in [0.25, 0.3) is 0 Å². The molecule has 4 aromatic rings. The molecule has 0 radical (unpaired) electrons. The highest BCUT2D eigenvalue weighted by Gasteiger charge is 2.49. The van der Waals surface area contributed by atoms with Crippen LogP contribution in [-0.4, -0.2) is 48.0 Å². The summed E-state index contributed by atoms with van der Waals surface area (Å²) >= 11 is 5.88. The highest BCUT2D eigenvalue weighted by molar-refractivity contribution is 7.89. The number of thiocarbonyl (C=S) groups is 1. The second-order valence-electron chi connectivity index (χ2n) is 10.0. The summed E-state index contributed by atoms with van der Waals surface area (Å²) in [5, 5.41) is 3.15. The van der Waals surface area contributed by atoms with Crippen LogP contribution in [0.4, 0.5) is 0 Å². The first kappa shape index (κ1) is 27.9. The molecular weight excluding hydrogens is 544 g/mol. The highest BCUT2D eigenvalue weighted by Crippen LogP contribution is 2.42. The van der Waals surface area contributed by atoms with Crippen molar-refractivity contribution in [3.63, 3.8) is 0 Å². The fourth-order valence-electron chi connectivity index (χ4n) is 5.53. The summed E-state index contributed by atoms with van der Waals surface area (Å²) in [6.07, 6.45) is 8.18. The van der Waals surface area contributed by atoms with Gasteiger partial charge in [-0.2, -0.15) is 4.72 Å². The molecule has 1 aliphatic carbocycles. The number of aromatic nitrogens is 2. The van der Waals surface area contributed by atoms with Gasteiger partial charge in [0.05, 0.1) is 15.3 Å². The number of sulfonamides is 1. The number of imidazole rings is 1. The molecule has 5 rings (SSSR count). The second-order valence-corrected chi connectivity index (χ2v) is 12.1. The normalized spacial score (nSPS) is 20.1. The van der Waals surface area contributed by atoms with Crippen molar-refractivity contribution < 1.29 is 17.9 Å². The molecule has 8 nitrogen and oxygen atoms in total. The van der Waals surface area contributed by atoms with Crippen molar-refractivity contribution in [3.05, 3.63) is 103 Å². The summed E-state index contributed by atoms with van der Waals surface area (Å²) in [7, 11) is -2.21. The van der Waals surface area contributed by atoms with E-state index in [1.807, 2.05) is 59.3 Å². The zero-order valence-corrected chi connectivity index (χ0v) is 23.8. The molecule has 2 aromatic heterocycles. The van der Waals surface area contributed by atoms with E-state index in [9.17, 15) is 13.2 Å². The van der Waals surface area contributed by atoms with Crippen molar-refractivity contribution in [1.82, 2.24) is 19.4 Å². The second kappa shape index (κ2) is 11.9. The van der Waals surface area contributed by atoms with E-state index in [0.29, 0.717) is 17.8 Å². The van der Waals surface area contributed by atoms with Crippen molar-refractivity contribution in [2.45, 2.75) is 54.6 Å². The van der Waals surface area contributed by atoms with E-state index in [4.69, 9.17) is 17.0 Å². The van der Waals surface area contributed by atoms with Crippen molar-refractivity contribution >= 4 is 38.8 Å². The third-order valence-electron chi connectivity index (χ3n) is 7.55. The summed E-state index contributed by atoms with van der Waals surface area (Å²) in [5.41, 5.74) is 1.76. The summed E-state index contributed by atoms with van der Waals surface area (Å²) < 4.78 is 37.4. The summed E-state index contributed by atoms with van der Waals surface area (Å²) in [5.74, 6) is -0.637. The molecule has 1 aliphatic rings. The maximum Gasteiger partial charge on any atom is 0.324 e. The predicted molar refractivity (Wildman–Crippen MR) is 158 cm³/mol. The van der Waals surface area contributed by atoms with Crippen LogP contribution in [0.25, 0.3) is 5.65 Å². The van der Waals surface area contributed by atoms with Crippen LogP contribution in [0.15, 0.2) is 96.3 Å². The predicted octanol–water partition coefficient (Wildman–Crippen LogP) is 4.19. The summed E-state index contributed by atoms with van der Waals surface area (Å²) in [6, 6.07) is 20.1. The Bertz CT molecular complexity index is 1590. The first-order valence-electron chi connectivity index (χ1n) is 13.3. The Kier molecular flexibility index (Phi) is 8.30. The number of hydrogen-bond acceptors (Lipinski definition) is 6. The van der Waals surface area contributed by atoms with Gasteiger partial charge in [-0.25, -0.2) is 13.4 Å². The van der Waals surface area contributed by atoms with Crippen LogP contribution < -0.4 is 10.0 Å². The lowest BCUT2D eigenvalue weighted by Crippen LogP contribution is -2.55. The molecule has 0 aliphatic heterocycles. The highest BCUT2D eigenvalue weighted by atomic mass is 32.2. The molecule has 2 heterocycles. The van der Waals surface area contributed by atoms with Gasteiger partial charge in [0.15, 0.2) is 0 Å². The van der Waals surface area contributed by atoms with Crippen LogP contribution in [0.2, 0.25) is 0 Å². The number of likely N-dealkylation sites (N-methyl/N-ethyl adjacent to an activating group) is 1. The van der Waals surface area contributed by atoms with E-state index in [0.717, 1.165) is 29.6 Å². The quantitative estimate of drug-likeness (QED) is 0.228. The molecule has 208 valence electrons. The number of rotatable bonds is 9. The molecule has 0 saturated heterocycles. The Morgan fingerprint density at radius 1 is 1.10 bits per heavy atom. The van der Waals surface area contributed by atoms with E-state index in [2.05, 4.69) is 15.0 Å². The number of carbonyl (C=O) groups excluding carboxylic acids is 1. The molecule has 0 amide bonds. The van der Waals surface area contributed by atoms with Crippen LogP contribution in [0, 0.1) is 0 Å². The van der Waals surface area contributed by atoms with Gasteiger partial charge in [-0.05, 0) is 55.0 Å². The Hall–Kier alpha value is -3.60. The zero-order chi connectivity index (χ0) is 28.2. The average Bonchev–Trinajstić information content (AvgIpc) is 3.46. The first-order valence-corrected chi connectivity index (χ1v) is 15.2. The lowest BCUT2D eigenvalue weighted by Gasteiger charge is -2.44. The number of pyridine rings is 1. The van der Waals surface area contributed by atoms with E-state index >= 15 is 0 Å². The Labute approximate surface area is 239 Å². The van der Waals surface area contributed by atoms with E-state index in [1.54, 1.807) is 31.4 Å². The number of benzene rings is 2. The van der Waals surface area contributed by atoms with Gasteiger partial charge in [0, 0.05) is 25.6 Å². The largest absolute Gasteiger partial charge is 0.460 e. The van der Waals surface area contributed by atoms with Crippen molar-refractivity contribution in [1.29, 1.82) is 0 Å². The van der Waals surface area contributed by atoms with Crippen LogP contribution in [0.5, 0.6) is 0 Å². The van der Waals surface area contributed by atoms with Crippen LogP contribution in [0.3, 0.4) is 0 Å². The molecule has 10 heteroatoms. The first-order chi connectivity index (χ1) is 19.3. The van der Waals surface area contributed by atoms with Gasteiger partial charge in [0.2, 0.25) is 10.0 Å². The monoisotopic (exact) mass is 576 g/mol. The molecule has 0 spiro atoms. The van der Waals surface area contributed by atoms with Crippen LogP contribution in [0.1, 0.15) is 36.8 Å². The number of nitrogens with zero attached hydrogens (tertiary/aromatic N) is 2. The third-order valence-corrected chi connectivity index (χ3v) is 9.61. The number of fused-ring (bicyclic) bond motifs is 1. The van der Waals surface area contributed by atoms with E-state index in [-0.39, 0.29) is 11.3 Å². The number of nitrogens with one attached hydrogen (secondary N) is 2. The minimum Gasteiger partial charge on any atom is -0.460 e. The molecule has 40 heavy (non-hydrogen) atoms. The average molecular weight is 577 g/mol. The Morgan fingerprint density at radius 2 is 1.82 bits per heavy atom. The lowest BCUT2D eigenvalue weighted by molar-refractivity contribution is -0.155. The fourth-order valence-corrected chi connectivity index (χ4v) is 7.09. The smallest absolute Gasteiger partial charge is 0.324 e. The molecule has 0 bridgehead atoms. The molecule has 2 aromatic carbocycles. The maximum absolute atomic E-state index is 13.9. The summed E-state index contributed by atoms with van der Waals surface area (Å²) in [6.45, 7) is 0. The van der Waals surface area contributed by atoms with Gasteiger partial charge in [-0.3, -0.25) is 4.79 Å². The third kappa shape index (κ3) is 5.65. The van der Waals surface area contributed by atoms with Crippen LogP contribution >= 0.6 is 12.2 Å². The van der Waals surface area contributed by atoms with Crippen molar-refractivity contribution in [3.8, 4) is 0 Å². The topological polar surface area (TPSA) is 102 Å². The lowest BCUT2D eigenvalue weighted by atomic mass is 9.67. The molecule has 1 saturated carbocycles.